The normalized spacial score (nSPS) is 9.64. The van der Waals surface area contributed by atoms with Crippen LogP contribution in [0.5, 0.6) is 0 Å². The van der Waals surface area contributed by atoms with Crippen LogP contribution in [0.2, 0.25) is 0 Å². The highest BCUT2D eigenvalue weighted by Gasteiger charge is 2.10. The molecule has 0 fully saturated rings. The molecular weight excluding hydrogens is 195 g/mol. The van der Waals surface area contributed by atoms with Crippen molar-refractivity contribution in [2.45, 2.75) is 13.2 Å². The van der Waals surface area contributed by atoms with E-state index in [4.69, 9.17) is 0 Å². The largest absolute Gasteiger partial charge is 0.246 e. The van der Waals surface area contributed by atoms with E-state index < -0.39 is 18.3 Å². The Hall–Kier alpha value is -1.61. The van der Waals surface area contributed by atoms with Crippen LogP contribution in [0.3, 0.4) is 0 Å². The zero-order valence-corrected chi connectivity index (χ0v) is 7.06. The minimum atomic E-state index is -1.14. The summed E-state index contributed by atoms with van der Waals surface area (Å²) in [6.45, 7) is -1.23. The molecule has 0 bridgehead atoms. The maximum absolute atomic E-state index is 13.0. The van der Waals surface area contributed by atoms with Gasteiger partial charge in [0.15, 0.2) is 11.6 Å². The highest BCUT2D eigenvalue weighted by molar-refractivity contribution is 5.34. The van der Waals surface area contributed by atoms with Crippen molar-refractivity contribution in [3.8, 4) is 0 Å². The second-order valence-electron chi connectivity index (χ2n) is 2.59. The first-order valence-electron chi connectivity index (χ1n) is 3.75. The molecule has 0 radical (unpaired) electrons. The summed E-state index contributed by atoms with van der Waals surface area (Å²) in [7, 11) is 0. The lowest BCUT2D eigenvalue weighted by Gasteiger charge is -2.02. The van der Waals surface area contributed by atoms with Gasteiger partial charge in [0, 0.05) is 5.56 Å². The molecule has 0 aromatic heterocycles. The Morgan fingerprint density at radius 3 is 2.64 bits per heavy atom. The van der Waals surface area contributed by atoms with E-state index in [0.29, 0.717) is 0 Å². The molecule has 0 aliphatic rings. The summed E-state index contributed by atoms with van der Waals surface area (Å²) < 4.78 is 37.9. The molecule has 14 heavy (non-hydrogen) atoms. The lowest BCUT2D eigenvalue weighted by molar-refractivity contribution is 0.468. The van der Waals surface area contributed by atoms with Crippen molar-refractivity contribution in [2.24, 2.45) is 4.99 Å². The van der Waals surface area contributed by atoms with Gasteiger partial charge in [-0.2, -0.15) is 0 Å². The van der Waals surface area contributed by atoms with Crippen LogP contribution in [0.25, 0.3) is 0 Å². The molecule has 74 valence electrons. The molecule has 1 aromatic carbocycles. The van der Waals surface area contributed by atoms with Crippen molar-refractivity contribution in [3.05, 3.63) is 34.9 Å². The Morgan fingerprint density at radius 2 is 2.07 bits per heavy atom. The highest BCUT2D eigenvalue weighted by Crippen LogP contribution is 2.16. The molecule has 0 aliphatic carbocycles. The van der Waals surface area contributed by atoms with E-state index >= 15 is 0 Å². The van der Waals surface area contributed by atoms with Gasteiger partial charge in [0.05, 0.1) is 6.54 Å². The van der Waals surface area contributed by atoms with Crippen LogP contribution in [0.4, 0.5) is 13.2 Å². The van der Waals surface area contributed by atoms with E-state index in [9.17, 15) is 18.0 Å². The maximum Gasteiger partial charge on any atom is 0.235 e. The number of nitrogens with zero attached hydrogens (tertiary/aromatic N) is 1. The van der Waals surface area contributed by atoms with Crippen molar-refractivity contribution in [2.75, 3.05) is 0 Å². The number of aliphatic imine (C=N–C) groups is 1. The third kappa shape index (κ3) is 2.20. The number of alkyl halides is 1. The van der Waals surface area contributed by atoms with Gasteiger partial charge in [-0.15, -0.1) is 0 Å². The van der Waals surface area contributed by atoms with Crippen molar-refractivity contribution in [1.82, 2.24) is 0 Å². The second kappa shape index (κ2) is 4.58. The minimum absolute atomic E-state index is 0.0139. The number of carbonyl (C=O) groups excluding carboxylic acids is 1. The fourth-order valence-corrected chi connectivity index (χ4v) is 1.02. The summed E-state index contributed by atoms with van der Waals surface area (Å²) in [5, 5.41) is 0. The van der Waals surface area contributed by atoms with Crippen molar-refractivity contribution < 1.29 is 18.0 Å². The van der Waals surface area contributed by atoms with E-state index in [0.717, 1.165) is 12.1 Å². The van der Waals surface area contributed by atoms with Crippen LogP contribution in [0, 0.1) is 11.6 Å². The first-order chi connectivity index (χ1) is 6.69. The van der Waals surface area contributed by atoms with Crippen molar-refractivity contribution in [1.29, 1.82) is 0 Å². The lowest BCUT2D eigenvalue weighted by Crippen LogP contribution is -1.96. The number of benzene rings is 1. The zero-order chi connectivity index (χ0) is 10.6. The van der Waals surface area contributed by atoms with Crippen LogP contribution in [0.15, 0.2) is 17.1 Å². The standard InChI is InChI=1S/C9H6F3NO/c10-3-6-1-7(4-13-5-14)9(12)8(11)2-6/h1-2H,3-4H2. The smallest absolute Gasteiger partial charge is 0.235 e. The summed E-state index contributed by atoms with van der Waals surface area (Å²) in [6, 6.07) is 1.89. The average molecular weight is 201 g/mol. The molecule has 2 nitrogen and oxygen atoms in total. The van der Waals surface area contributed by atoms with Gasteiger partial charge >= 0.3 is 0 Å². The molecule has 0 saturated heterocycles. The third-order valence-electron chi connectivity index (χ3n) is 1.63. The predicted molar refractivity (Wildman–Crippen MR) is 43.0 cm³/mol. The maximum atomic E-state index is 13.0. The SMILES string of the molecule is O=C=NCc1cc(CF)cc(F)c1F. The quantitative estimate of drug-likeness (QED) is 0.544. The number of isocyanates is 1. The molecule has 0 N–H and O–H groups in total. The summed E-state index contributed by atoms with van der Waals surface area (Å²) >= 11 is 0. The second-order valence-corrected chi connectivity index (χ2v) is 2.59. The van der Waals surface area contributed by atoms with E-state index in [-0.39, 0.29) is 17.7 Å². The van der Waals surface area contributed by atoms with Crippen molar-refractivity contribution >= 4 is 6.08 Å². The number of halogens is 3. The van der Waals surface area contributed by atoms with Gasteiger partial charge in [-0.1, -0.05) is 0 Å². The average Bonchev–Trinajstić information content (AvgIpc) is 2.20. The summed E-state index contributed by atoms with van der Waals surface area (Å²) in [5.41, 5.74) is -0.138. The number of rotatable bonds is 3. The Morgan fingerprint density at radius 1 is 1.36 bits per heavy atom. The van der Waals surface area contributed by atoms with Gasteiger partial charge in [0.1, 0.15) is 6.67 Å². The summed E-state index contributed by atoms with van der Waals surface area (Å²) in [4.78, 5) is 12.8. The van der Waals surface area contributed by atoms with Crippen molar-refractivity contribution in [3.63, 3.8) is 0 Å². The van der Waals surface area contributed by atoms with Crippen LogP contribution >= 0.6 is 0 Å². The lowest BCUT2D eigenvalue weighted by atomic mass is 10.1. The van der Waals surface area contributed by atoms with Crippen LogP contribution in [-0.4, -0.2) is 6.08 Å². The summed E-state index contributed by atoms with van der Waals surface area (Å²) in [6.07, 6.45) is 1.19. The Kier molecular flexibility index (Phi) is 3.42. The van der Waals surface area contributed by atoms with Gasteiger partial charge in [0.25, 0.3) is 0 Å². The van der Waals surface area contributed by atoms with Gasteiger partial charge in [-0.25, -0.2) is 23.0 Å². The molecule has 0 spiro atoms. The predicted octanol–water partition coefficient (Wildman–Crippen LogP) is 2.27. The van der Waals surface area contributed by atoms with Gasteiger partial charge < -0.3 is 0 Å². The molecule has 0 atom stereocenters. The monoisotopic (exact) mass is 201 g/mol. The molecule has 0 saturated carbocycles. The minimum Gasteiger partial charge on any atom is -0.246 e. The molecule has 0 unspecified atom stereocenters. The van der Waals surface area contributed by atoms with E-state index in [1.165, 1.54) is 6.08 Å². The fourth-order valence-electron chi connectivity index (χ4n) is 1.02. The van der Waals surface area contributed by atoms with E-state index in [1.807, 2.05) is 0 Å². The first-order valence-corrected chi connectivity index (χ1v) is 3.75. The molecule has 1 aromatic rings. The molecule has 0 amide bonds. The van der Waals surface area contributed by atoms with Gasteiger partial charge in [-0.3, -0.25) is 0 Å². The molecular formula is C9H6F3NO. The fraction of sp³-hybridized carbons (Fsp3) is 0.222. The Balaban J connectivity index is 3.12. The number of hydrogen-bond acceptors (Lipinski definition) is 2. The topological polar surface area (TPSA) is 29.4 Å². The Labute approximate surface area is 78.1 Å². The molecule has 1 rings (SSSR count). The Bertz CT molecular complexity index is 386. The van der Waals surface area contributed by atoms with Gasteiger partial charge in [-0.05, 0) is 17.7 Å². The summed E-state index contributed by atoms with van der Waals surface area (Å²) in [5.74, 6) is -2.25. The number of hydrogen-bond donors (Lipinski definition) is 0. The van der Waals surface area contributed by atoms with Gasteiger partial charge in [0.2, 0.25) is 6.08 Å². The highest BCUT2D eigenvalue weighted by atomic mass is 19.2. The first kappa shape index (κ1) is 10.5. The third-order valence-corrected chi connectivity index (χ3v) is 1.63. The molecule has 5 heteroatoms. The molecule has 0 aliphatic heterocycles. The van der Waals surface area contributed by atoms with E-state index in [1.54, 1.807) is 0 Å². The molecule has 0 heterocycles. The van der Waals surface area contributed by atoms with Crippen LogP contribution in [0.1, 0.15) is 11.1 Å². The zero-order valence-electron chi connectivity index (χ0n) is 7.06. The van der Waals surface area contributed by atoms with E-state index in [2.05, 4.69) is 4.99 Å². The van der Waals surface area contributed by atoms with Crippen LogP contribution in [-0.2, 0) is 18.0 Å². The van der Waals surface area contributed by atoms with Crippen LogP contribution < -0.4 is 0 Å².